The van der Waals surface area contributed by atoms with E-state index in [1.165, 1.54) is 5.56 Å². The zero-order chi connectivity index (χ0) is 16.7. The highest BCUT2D eigenvalue weighted by Crippen LogP contribution is 2.27. The largest absolute Gasteiger partial charge is 0.324 e. The number of aryl methyl sites for hydroxylation is 3. The third-order valence-electron chi connectivity index (χ3n) is 3.53. The minimum atomic E-state index is 0.00330. The highest BCUT2D eigenvalue weighted by atomic mass is 35.5. The number of halogens is 1. The van der Waals surface area contributed by atoms with Crippen molar-refractivity contribution in [3.63, 3.8) is 0 Å². The number of carbonyl (C=O) groups excluding carboxylic acids is 1. The van der Waals surface area contributed by atoms with E-state index in [1.54, 1.807) is 11.8 Å². The molecular formula is C19H22ClNOS. The van der Waals surface area contributed by atoms with Gasteiger partial charge in [-0.3, -0.25) is 4.79 Å². The van der Waals surface area contributed by atoms with Crippen LogP contribution < -0.4 is 5.32 Å². The van der Waals surface area contributed by atoms with Crippen molar-refractivity contribution in [3.8, 4) is 0 Å². The van der Waals surface area contributed by atoms with E-state index in [0.717, 1.165) is 35.4 Å². The van der Waals surface area contributed by atoms with Gasteiger partial charge in [0, 0.05) is 0 Å². The molecule has 2 nitrogen and oxygen atoms in total. The van der Waals surface area contributed by atoms with Gasteiger partial charge in [-0.15, -0.1) is 0 Å². The van der Waals surface area contributed by atoms with Gasteiger partial charge in [-0.05, 0) is 55.2 Å². The first-order valence-corrected chi connectivity index (χ1v) is 9.28. The molecular weight excluding hydrogens is 326 g/mol. The smallest absolute Gasteiger partial charge is 0.234 e. The summed E-state index contributed by atoms with van der Waals surface area (Å²) in [4.78, 5) is 12.0. The van der Waals surface area contributed by atoms with Gasteiger partial charge in [0.1, 0.15) is 0 Å². The Morgan fingerprint density at radius 2 is 1.91 bits per heavy atom. The summed E-state index contributed by atoms with van der Waals surface area (Å²) in [7, 11) is 0. The summed E-state index contributed by atoms with van der Waals surface area (Å²) in [6, 6.07) is 14.3. The van der Waals surface area contributed by atoms with Gasteiger partial charge in [-0.25, -0.2) is 0 Å². The molecule has 0 saturated carbocycles. The van der Waals surface area contributed by atoms with E-state index in [0.29, 0.717) is 10.8 Å². The van der Waals surface area contributed by atoms with Crippen LogP contribution >= 0.6 is 23.4 Å². The Bertz CT molecular complexity index is 635. The molecule has 1 N–H and O–H groups in total. The first kappa shape index (κ1) is 17.9. The van der Waals surface area contributed by atoms with Gasteiger partial charge in [0.2, 0.25) is 5.91 Å². The number of nitrogens with one attached hydrogen (secondary N) is 1. The highest BCUT2D eigenvalue weighted by Gasteiger charge is 2.09. The van der Waals surface area contributed by atoms with Crippen molar-refractivity contribution in [3.05, 3.63) is 64.2 Å². The van der Waals surface area contributed by atoms with Crippen LogP contribution in [0.1, 0.15) is 23.1 Å². The number of anilines is 1. The fourth-order valence-corrected chi connectivity index (χ4v) is 3.56. The summed E-state index contributed by atoms with van der Waals surface area (Å²) in [5.41, 5.74) is 4.17. The Labute approximate surface area is 147 Å². The number of hydrogen-bond donors (Lipinski definition) is 1. The lowest BCUT2D eigenvalue weighted by atomic mass is 10.1. The van der Waals surface area contributed by atoms with Crippen LogP contribution in [-0.4, -0.2) is 17.4 Å². The van der Waals surface area contributed by atoms with Crippen LogP contribution in [0.15, 0.2) is 42.5 Å². The normalized spacial score (nSPS) is 10.6. The van der Waals surface area contributed by atoms with Gasteiger partial charge in [0.05, 0.1) is 16.5 Å². The van der Waals surface area contributed by atoms with Crippen LogP contribution in [0.25, 0.3) is 0 Å². The molecule has 0 aliphatic carbocycles. The average Bonchev–Trinajstić information content (AvgIpc) is 2.51. The number of amides is 1. The quantitative estimate of drug-likeness (QED) is 0.692. The molecule has 0 bridgehead atoms. The molecule has 0 aromatic heterocycles. The molecule has 0 radical (unpaired) electrons. The summed E-state index contributed by atoms with van der Waals surface area (Å²) < 4.78 is 0. The number of thioether (sulfide) groups is 1. The second-order valence-corrected chi connectivity index (χ2v) is 7.14. The first-order chi connectivity index (χ1) is 11.1. The van der Waals surface area contributed by atoms with Crippen molar-refractivity contribution in [2.75, 3.05) is 16.8 Å². The second kappa shape index (κ2) is 8.99. The SMILES string of the molecule is Cc1cc(C)c(NC(=O)CSCCCc2ccccc2)c(Cl)c1. The van der Waals surface area contributed by atoms with E-state index >= 15 is 0 Å². The number of carbonyl (C=O) groups is 1. The maximum absolute atomic E-state index is 12.0. The predicted octanol–water partition coefficient (Wildman–Crippen LogP) is 5.26. The minimum absolute atomic E-state index is 0.00330. The van der Waals surface area contributed by atoms with Gasteiger partial charge in [0.15, 0.2) is 0 Å². The van der Waals surface area contributed by atoms with Crippen molar-refractivity contribution in [1.82, 2.24) is 0 Å². The van der Waals surface area contributed by atoms with E-state index in [-0.39, 0.29) is 5.91 Å². The third kappa shape index (κ3) is 5.92. The highest BCUT2D eigenvalue weighted by molar-refractivity contribution is 7.99. The van der Waals surface area contributed by atoms with E-state index in [1.807, 2.05) is 32.0 Å². The lowest BCUT2D eigenvalue weighted by Crippen LogP contribution is -2.15. The van der Waals surface area contributed by atoms with E-state index in [9.17, 15) is 4.79 Å². The van der Waals surface area contributed by atoms with Crippen LogP contribution in [0.3, 0.4) is 0 Å². The van der Waals surface area contributed by atoms with Gasteiger partial charge < -0.3 is 5.32 Å². The standard InChI is InChI=1S/C19H22ClNOS/c1-14-11-15(2)19(17(20)12-14)21-18(22)13-23-10-6-9-16-7-4-3-5-8-16/h3-5,7-8,11-12H,6,9-10,13H2,1-2H3,(H,21,22). The van der Waals surface area contributed by atoms with Gasteiger partial charge in [0.25, 0.3) is 0 Å². The molecule has 122 valence electrons. The molecule has 0 fully saturated rings. The molecule has 0 aliphatic rings. The lowest BCUT2D eigenvalue weighted by Gasteiger charge is -2.11. The molecule has 0 unspecified atom stereocenters. The fraction of sp³-hybridized carbons (Fsp3) is 0.316. The molecule has 4 heteroatoms. The Kier molecular flexibility index (Phi) is 7.00. The van der Waals surface area contributed by atoms with Crippen LogP contribution in [-0.2, 0) is 11.2 Å². The van der Waals surface area contributed by atoms with E-state index < -0.39 is 0 Å². The lowest BCUT2D eigenvalue weighted by molar-refractivity contribution is -0.113. The monoisotopic (exact) mass is 347 g/mol. The third-order valence-corrected chi connectivity index (χ3v) is 4.87. The van der Waals surface area contributed by atoms with Gasteiger partial charge in [-0.1, -0.05) is 48.0 Å². The zero-order valence-corrected chi connectivity index (χ0v) is 15.1. The van der Waals surface area contributed by atoms with Crippen molar-refractivity contribution < 1.29 is 4.79 Å². The van der Waals surface area contributed by atoms with Crippen molar-refractivity contribution in [2.45, 2.75) is 26.7 Å². The van der Waals surface area contributed by atoms with Gasteiger partial charge >= 0.3 is 0 Å². The molecule has 0 spiro atoms. The molecule has 2 aromatic carbocycles. The Hall–Kier alpha value is -1.45. The van der Waals surface area contributed by atoms with Crippen LogP contribution in [0.5, 0.6) is 0 Å². The molecule has 0 atom stereocenters. The molecule has 0 saturated heterocycles. The molecule has 23 heavy (non-hydrogen) atoms. The predicted molar refractivity (Wildman–Crippen MR) is 102 cm³/mol. The van der Waals surface area contributed by atoms with E-state index in [2.05, 4.69) is 29.6 Å². The van der Waals surface area contributed by atoms with Crippen molar-refractivity contribution in [2.24, 2.45) is 0 Å². The maximum atomic E-state index is 12.0. The summed E-state index contributed by atoms with van der Waals surface area (Å²) in [5, 5.41) is 3.52. The summed E-state index contributed by atoms with van der Waals surface area (Å²) in [5.74, 6) is 1.44. The van der Waals surface area contributed by atoms with Crippen molar-refractivity contribution >= 4 is 35.0 Å². The zero-order valence-electron chi connectivity index (χ0n) is 13.6. The van der Waals surface area contributed by atoms with Gasteiger partial charge in [-0.2, -0.15) is 11.8 Å². The number of hydrogen-bond acceptors (Lipinski definition) is 2. The number of benzene rings is 2. The van der Waals surface area contributed by atoms with Crippen LogP contribution in [0, 0.1) is 13.8 Å². The number of rotatable bonds is 7. The van der Waals surface area contributed by atoms with E-state index in [4.69, 9.17) is 11.6 Å². The van der Waals surface area contributed by atoms with Crippen LogP contribution in [0.4, 0.5) is 5.69 Å². The Balaban J connectivity index is 1.71. The fourth-order valence-electron chi connectivity index (χ4n) is 2.44. The Morgan fingerprint density at radius 3 is 2.61 bits per heavy atom. The van der Waals surface area contributed by atoms with Crippen LogP contribution in [0.2, 0.25) is 5.02 Å². The summed E-state index contributed by atoms with van der Waals surface area (Å²) in [6.07, 6.45) is 2.13. The summed E-state index contributed by atoms with van der Waals surface area (Å²) >= 11 is 7.87. The topological polar surface area (TPSA) is 29.1 Å². The second-order valence-electron chi connectivity index (χ2n) is 5.63. The minimum Gasteiger partial charge on any atom is -0.324 e. The Morgan fingerprint density at radius 1 is 1.17 bits per heavy atom. The maximum Gasteiger partial charge on any atom is 0.234 e. The molecule has 2 aromatic rings. The molecule has 0 heterocycles. The molecule has 2 rings (SSSR count). The summed E-state index contributed by atoms with van der Waals surface area (Å²) in [6.45, 7) is 3.95. The van der Waals surface area contributed by atoms with Crippen molar-refractivity contribution in [1.29, 1.82) is 0 Å². The average molecular weight is 348 g/mol. The first-order valence-electron chi connectivity index (χ1n) is 7.74. The molecule has 0 aliphatic heterocycles. The molecule has 1 amide bonds.